The SMILES string of the molecule is Cc1cccc(Oc2cc(Cl)c(NC(=S)NC(=O)c3ccccc3)c(Cl)c2)c1C. The highest BCUT2D eigenvalue weighted by Crippen LogP contribution is 2.37. The molecule has 0 radical (unpaired) electrons. The lowest BCUT2D eigenvalue weighted by Crippen LogP contribution is -2.34. The quantitative estimate of drug-likeness (QED) is 0.449. The molecular weight excluding hydrogens is 427 g/mol. The number of aryl methyl sites for hydroxylation is 1. The van der Waals surface area contributed by atoms with Gasteiger partial charge in [0.1, 0.15) is 11.5 Å². The number of hydrogen-bond acceptors (Lipinski definition) is 3. The molecule has 0 aliphatic carbocycles. The van der Waals surface area contributed by atoms with Gasteiger partial charge in [-0.2, -0.15) is 0 Å². The van der Waals surface area contributed by atoms with E-state index in [0.29, 0.717) is 27.0 Å². The summed E-state index contributed by atoms with van der Waals surface area (Å²) in [7, 11) is 0. The van der Waals surface area contributed by atoms with E-state index >= 15 is 0 Å². The Morgan fingerprint density at radius 2 is 1.62 bits per heavy atom. The summed E-state index contributed by atoms with van der Waals surface area (Å²) in [4.78, 5) is 12.2. The van der Waals surface area contributed by atoms with Crippen LogP contribution in [0.4, 0.5) is 5.69 Å². The topological polar surface area (TPSA) is 50.4 Å². The first-order valence-electron chi connectivity index (χ1n) is 8.75. The molecule has 0 aromatic heterocycles. The zero-order valence-corrected chi connectivity index (χ0v) is 18.1. The van der Waals surface area contributed by atoms with E-state index < -0.39 is 0 Å². The Morgan fingerprint density at radius 1 is 0.966 bits per heavy atom. The molecule has 0 saturated heterocycles. The molecule has 0 atom stereocenters. The van der Waals surface area contributed by atoms with Crippen molar-refractivity contribution in [1.29, 1.82) is 0 Å². The predicted octanol–water partition coefficient (Wildman–Crippen LogP) is 6.53. The van der Waals surface area contributed by atoms with E-state index in [-0.39, 0.29) is 11.0 Å². The maximum Gasteiger partial charge on any atom is 0.257 e. The fraction of sp³-hybridized carbons (Fsp3) is 0.0909. The number of anilines is 1. The van der Waals surface area contributed by atoms with Crippen LogP contribution in [0.3, 0.4) is 0 Å². The number of ether oxygens (including phenoxy) is 1. The molecule has 29 heavy (non-hydrogen) atoms. The normalized spacial score (nSPS) is 10.3. The van der Waals surface area contributed by atoms with E-state index in [2.05, 4.69) is 10.6 Å². The number of benzene rings is 3. The summed E-state index contributed by atoms with van der Waals surface area (Å²) in [6, 6.07) is 17.8. The molecule has 0 spiro atoms. The van der Waals surface area contributed by atoms with Crippen LogP contribution in [0.5, 0.6) is 11.5 Å². The number of carbonyl (C=O) groups excluding carboxylic acids is 1. The van der Waals surface area contributed by atoms with Crippen molar-refractivity contribution in [3.8, 4) is 11.5 Å². The van der Waals surface area contributed by atoms with E-state index in [1.54, 1.807) is 36.4 Å². The van der Waals surface area contributed by atoms with Gasteiger partial charge < -0.3 is 10.1 Å². The van der Waals surface area contributed by atoms with Crippen LogP contribution in [-0.4, -0.2) is 11.0 Å². The van der Waals surface area contributed by atoms with Crippen LogP contribution in [-0.2, 0) is 0 Å². The Hall–Kier alpha value is -2.60. The van der Waals surface area contributed by atoms with Crippen LogP contribution in [0.2, 0.25) is 10.0 Å². The monoisotopic (exact) mass is 444 g/mol. The van der Waals surface area contributed by atoms with Gasteiger partial charge in [0.15, 0.2) is 5.11 Å². The summed E-state index contributed by atoms with van der Waals surface area (Å²) in [5, 5.41) is 6.19. The number of nitrogens with one attached hydrogen (secondary N) is 2. The van der Waals surface area contributed by atoms with Crippen molar-refractivity contribution in [3.63, 3.8) is 0 Å². The van der Waals surface area contributed by atoms with E-state index in [0.717, 1.165) is 16.9 Å². The maximum atomic E-state index is 12.2. The summed E-state index contributed by atoms with van der Waals surface area (Å²) in [5.41, 5.74) is 3.04. The molecule has 3 aromatic carbocycles. The fourth-order valence-corrected chi connectivity index (χ4v) is 3.36. The van der Waals surface area contributed by atoms with Crippen molar-refractivity contribution >= 4 is 52.1 Å². The lowest BCUT2D eigenvalue weighted by molar-refractivity contribution is 0.0977. The molecule has 7 heteroatoms. The lowest BCUT2D eigenvalue weighted by Gasteiger charge is -2.15. The van der Waals surface area contributed by atoms with Gasteiger partial charge in [0.25, 0.3) is 5.91 Å². The molecule has 0 aliphatic rings. The predicted molar refractivity (Wildman–Crippen MR) is 123 cm³/mol. The van der Waals surface area contributed by atoms with Gasteiger partial charge in [-0.15, -0.1) is 0 Å². The van der Waals surface area contributed by atoms with Crippen molar-refractivity contribution in [3.05, 3.63) is 87.4 Å². The van der Waals surface area contributed by atoms with Gasteiger partial charge in [-0.1, -0.05) is 53.5 Å². The molecule has 1 amide bonds. The first-order valence-corrected chi connectivity index (χ1v) is 9.92. The molecule has 0 unspecified atom stereocenters. The van der Waals surface area contributed by atoms with Gasteiger partial charge in [0.2, 0.25) is 0 Å². The third-order valence-corrected chi connectivity index (χ3v) is 5.10. The second-order valence-corrected chi connectivity index (χ2v) is 7.56. The highest BCUT2D eigenvalue weighted by atomic mass is 35.5. The number of carbonyl (C=O) groups is 1. The third kappa shape index (κ3) is 5.26. The van der Waals surface area contributed by atoms with E-state index in [9.17, 15) is 4.79 Å². The molecule has 3 aromatic rings. The van der Waals surface area contributed by atoms with Crippen molar-refractivity contribution < 1.29 is 9.53 Å². The molecule has 0 aliphatic heterocycles. The number of hydrogen-bond donors (Lipinski definition) is 2. The molecule has 0 heterocycles. The summed E-state index contributed by atoms with van der Waals surface area (Å²) < 4.78 is 5.93. The number of amides is 1. The average molecular weight is 445 g/mol. The minimum atomic E-state index is -0.328. The zero-order valence-electron chi connectivity index (χ0n) is 15.8. The molecule has 0 saturated carbocycles. The summed E-state index contributed by atoms with van der Waals surface area (Å²) in [5.74, 6) is 0.896. The van der Waals surface area contributed by atoms with Crippen LogP contribution in [0.1, 0.15) is 21.5 Å². The van der Waals surface area contributed by atoms with Gasteiger partial charge in [-0.05, 0) is 55.4 Å². The average Bonchev–Trinajstić information content (AvgIpc) is 2.69. The van der Waals surface area contributed by atoms with Crippen LogP contribution < -0.4 is 15.4 Å². The number of halogens is 2. The molecule has 0 bridgehead atoms. The molecule has 3 rings (SSSR count). The van der Waals surface area contributed by atoms with Crippen molar-refractivity contribution in [2.75, 3.05) is 5.32 Å². The summed E-state index contributed by atoms with van der Waals surface area (Å²) in [6.07, 6.45) is 0. The Morgan fingerprint density at radius 3 is 2.28 bits per heavy atom. The van der Waals surface area contributed by atoms with Crippen LogP contribution in [0.25, 0.3) is 0 Å². The van der Waals surface area contributed by atoms with Gasteiger partial charge in [-0.3, -0.25) is 10.1 Å². The van der Waals surface area contributed by atoms with Gasteiger partial charge >= 0.3 is 0 Å². The van der Waals surface area contributed by atoms with Gasteiger partial charge in [0.05, 0.1) is 15.7 Å². The molecular formula is C22H18Cl2N2O2S. The van der Waals surface area contributed by atoms with Crippen molar-refractivity contribution in [2.24, 2.45) is 0 Å². The summed E-state index contributed by atoms with van der Waals surface area (Å²) >= 11 is 17.9. The summed E-state index contributed by atoms with van der Waals surface area (Å²) in [6.45, 7) is 4.00. The smallest absolute Gasteiger partial charge is 0.257 e. The standard InChI is InChI=1S/C22H18Cl2N2O2S/c1-13-7-6-10-19(14(13)2)28-16-11-17(23)20(18(24)12-16)25-22(29)26-21(27)15-8-4-3-5-9-15/h3-12H,1-2H3,(H2,25,26,27,29). The van der Waals surface area contributed by atoms with Crippen LogP contribution >= 0.6 is 35.4 Å². The molecule has 0 fully saturated rings. The Labute approximate surface area is 184 Å². The minimum Gasteiger partial charge on any atom is -0.457 e. The second kappa shape index (κ2) is 9.27. The Kier molecular flexibility index (Phi) is 6.75. The molecule has 4 nitrogen and oxygen atoms in total. The molecule has 2 N–H and O–H groups in total. The van der Waals surface area contributed by atoms with Crippen LogP contribution in [0, 0.1) is 13.8 Å². The zero-order chi connectivity index (χ0) is 21.0. The highest BCUT2D eigenvalue weighted by Gasteiger charge is 2.14. The van der Waals surface area contributed by atoms with Crippen LogP contribution in [0.15, 0.2) is 60.7 Å². The third-order valence-electron chi connectivity index (χ3n) is 4.30. The maximum absolute atomic E-state index is 12.2. The van der Waals surface area contributed by atoms with E-state index in [4.69, 9.17) is 40.2 Å². The second-order valence-electron chi connectivity index (χ2n) is 6.34. The number of rotatable bonds is 4. The largest absolute Gasteiger partial charge is 0.457 e. The van der Waals surface area contributed by atoms with Crippen molar-refractivity contribution in [1.82, 2.24) is 5.32 Å². The van der Waals surface area contributed by atoms with Gasteiger partial charge in [0, 0.05) is 17.7 Å². The van der Waals surface area contributed by atoms with E-state index in [1.807, 2.05) is 38.1 Å². The fourth-order valence-electron chi connectivity index (χ4n) is 2.60. The molecule has 148 valence electrons. The Bertz CT molecular complexity index is 1050. The minimum absolute atomic E-state index is 0.0888. The van der Waals surface area contributed by atoms with Gasteiger partial charge in [-0.25, -0.2) is 0 Å². The number of thiocarbonyl (C=S) groups is 1. The Balaban J connectivity index is 1.73. The highest BCUT2D eigenvalue weighted by molar-refractivity contribution is 7.80. The lowest BCUT2D eigenvalue weighted by atomic mass is 10.1. The van der Waals surface area contributed by atoms with E-state index in [1.165, 1.54) is 0 Å². The first-order chi connectivity index (χ1) is 13.8. The first kappa shape index (κ1) is 21.1. The van der Waals surface area contributed by atoms with Crippen molar-refractivity contribution in [2.45, 2.75) is 13.8 Å².